The third kappa shape index (κ3) is 1.43. The molecule has 0 aromatic carbocycles. The van der Waals surface area contributed by atoms with Crippen molar-refractivity contribution < 1.29 is 0 Å². The van der Waals surface area contributed by atoms with Gasteiger partial charge in [0.15, 0.2) is 0 Å². The van der Waals surface area contributed by atoms with Gasteiger partial charge in [-0.1, -0.05) is 111 Å². The van der Waals surface area contributed by atoms with Gasteiger partial charge in [0, 0.05) is 0 Å². The Bertz CT molecular complexity index is 495. The van der Waals surface area contributed by atoms with E-state index in [0.717, 1.165) is 0 Å². The fourth-order valence-electron chi connectivity index (χ4n) is 12.1. The Morgan fingerprint density at radius 1 is 0.400 bits per heavy atom. The molecule has 2 bridgehead atoms. The van der Waals surface area contributed by atoms with E-state index in [1.165, 1.54) is 0 Å². The van der Waals surface area contributed by atoms with Gasteiger partial charge in [0.2, 0.25) is 0 Å². The average Bonchev–Trinajstić information content (AvgIpc) is 2.28. The minimum absolute atomic E-state index is 0.189. The van der Waals surface area contributed by atoms with E-state index in [9.17, 15) is 0 Å². The second-order valence-electron chi connectivity index (χ2n) is 14.2. The molecule has 0 unspecified atom stereocenters. The van der Waals surface area contributed by atoms with E-state index in [2.05, 4.69) is 111 Å². The lowest BCUT2D eigenvalue weighted by atomic mass is 8.98. The summed E-state index contributed by atoms with van der Waals surface area (Å²) in [6.07, 6.45) is 0. The molecule has 0 spiro atoms. The Hall–Kier alpha value is 0. The third-order valence-corrected chi connectivity index (χ3v) is 10.5. The van der Waals surface area contributed by atoms with Crippen molar-refractivity contribution in [1.82, 2.24) is 0 Å². The molecule has 148 valence electrons. The molecule has 0 amide bonds. The summed E-state index contributed by atoms with van der Waals surface area (Å²) in [4.78, 5) is 0. The molecule has 0 heterocycles. The molecule has 0 aromatic heterocycles. The van der Waals surface area contributed by atoms with Crippen LogP contribution < -0.4 is 0 Å². The van der Waals surface area contributed by atoms with E-state index in [1.54, 1.807) is 0 Å². The summed E-state index contributed by atoms with van der Waals surface area (Å²) in [5, 5.41) is 0. The van der Waals surface area contributed by atoms with E-state index in [1.807, 2.05) is 0 Å². The Morgan fingerprint density at radius 3 is 0.760 bits per heavy atom. The van der Waals surface area contributed by atoms with Crippen LogP contribution in [0.4, 0.5) is 0 Å². The molecule has 0 radical (unpaired) electrons. The lowest BCUT2D eigenvalue weighted by Gasteiger charge is -3.05. The van der Waals surface area contributed by atoms with Crippen molar-refractivity contribution >= 4 is 0 Å². The topological polar surface area (TPSA) is 0 Å². The molecule has 3 aliphatic carbocycles. The van der Waals surface area contributed by atoms with Crippen LogP contribution in [0.1, 0.15) is 111 Å². The Kier molecular flexibility index (Phi) is 3.71. The summed E-state index contributed by atoms with van der Waals surface area (Å²) in [5.74, 6) is 0. The summed E-state index contributed by atoms with van der Waals surface area (Å²) >= 11 is 0. The molecule has 3 aliphatic rings. The van der Waals surface area contributed by atoms with Crippen molar-refractivity contribution in [1.29, 1.82) is 0 Å². The highest BCUT2D eigenvalue weighted by Gasteiger charge is 3.02. The van der Waals surface area contributed by atoms with Gasteiger partial charge in [-0.3, -0.25) is 0 Å². The van der Waals surface area contributed by atoms with E-state index < -0.39 is 0 Å². The predicted molar refractivity (Wildman–Crippen MR) is 113 cm³/mol. The molecule has 0 aromatic rings. The molecule has 0 atom stereocenters. The molecule has 3 fully saturated rings. The van der Waals surface area contributed by atoms with Gasteiger partial charge in [-0.25, -0.2) is 0 Å². The standard InChI is InChI=1S/C25H48/c1-17(2,3)24(18(4,5)6,19(7,8)9)25-20(10,11)23(16,21(25,12)13)22(25,14)15/h1-16H3. The van der Waals surface area contributed by atoms with Crippen molar-refractivity contribution in [2.45, 2.75) is 111 Å². The molecule has 25 heavy (non-hydrogen) atoms. The quantitative estimate of drug-likeness (QED) is 0.448. The zero-order valence-electron chi connectivity index (χ0n) is 20.5. The highest BCUT2D eigenvalue weighted by Crippen LogP contribution is 3.06. The average molecular weight is 349 g/mol. The molecule has 0 aliphatic heterocycles. The molecular formula is C25H48. The summed E-state index contributed by atoms with van der Waals surface area (Å²) < 4.78 is 0. The number of hydrogen-bond donors (Lipinski definition) is 0. The maximum absolute atomic E-state index is 2.58. The van der Waals surface area contributed by atoms with Gasteiger partial charge in [-0.15, -0.1) is 0 Å². The second-order valence-corrected chi connectivity index (χ2v) is 14.2. The maximum atomic E-state index is 2.58. The fourth-order valence-corrected chi connectivity index (χ4v) is 12.1. The van der Waals surface area contributed by atoms with Crippen LogP contribution in [-0.2, 0) is 0 Å². The smallest absolute Gasteiger partial charge is 0.00556 e. The van der Waals surface area contributed by atoms with E-state index >= 15 is 0 Å². The summed E-state index contributed by atoms with van der Waals surface area (Å²) in [5.41, 5.74) is 2.46. The van der Waals surface area contributed by atoms with Crippen LogP contribution in [0.3, 0.4) is 0 Å². The summed E-state index contributed by atoms with van der Waals surface area (Å²) in [6.45, 7) is 40.8. The van der Waals surface area contributed by atoms with Gasteiger partial charge in [-0.2, -0.15) is 0 Å². The van der Waals surface area contributed by atoms with Crippen molar-refractivity contribution in [3.63, 3.8) is 0 Å². The van der Waals surface area contributed by atoms with E-state index in [0.29, 0.717) is 21.7 Å². The number of rotatable bonds is 1. The van der Waals surface area contributed by atoms with Crippen LogP contribution in [0, 0.1) is 48.7 Å². The highest BCUT2D eigenvalue weighted by molar-refractivity contribution is 5.48. The van der Waals surface area contributed by atoms with Crippen LogP contribution in [0.25, 0.3) is 0 Å². The summed E-state index contributed by atoms with van der Waals surface area (Å²) in [6, 6.07) is 0. The lowest BCUT2D eigenvalue weighted by Crippen LogP contribution is -3.01. The summed E-state index contributed by atoms with van der Waals surface area (Å²) in [7, 11) is 0. The molecule has 3 rings (SSSR count). The molecule has 0 N–H and O–H groups in total. The second kappa shape index (κ2) is 4.35. The van der Waals surface area contributed by atoms with Crippen molar-refractivity contribution in [2.75, 3.05) is 0 Å². The van der Waals surface area contributed by atoms with Gasteiger partial charge < -0.3 is 0 Å². The van der Waals surface area contributed by atoms with Crippen molar-refractivity contribution in [2.24, 2.45) is 48.7 Å². The minimum Gasteiger partial charge on any atom is -0.0596 e. The van der Waals surface area contributed by atoms with Crippen LogP contribution in [-0.4, -0.2) is 0 Å². The van der Waals surface area contributed by atoms with Crippen LogP contribution in [0.15, 0.2) is 0 Å². The molecule has 0 nitrogen and oxygen atoms in total. The Morgan fingerprint density at radius 2 is 0.600 bits per heavy atom. The molecule has 0 heteroatoms. The Balaban J connectivity index is 3.09. The monoisotopic (exact) mass is 348 g/mol. The first-order chi connectivity index (χ1) is 10.5. The van der Waals surface area contributed by atoms with Crippen LogP contribution >= 0.6 is 0 Å². The fraction of sp³-hybridized carbons (Fsp3) is 1.00. The minimum atomic E-state index is 0.189. The SMILES string of the molecule is CC(C)(C)C(C(C)(C)C)(C(C)(C)C)C12C(C)(C)C(C)(C1(C)C)C2(C)C. The molecule has 0 saturated heterocycles. The zero-order valence-corrected chi connectivity index (χ0v) is 20.5. The third-order valence-electron chi connectivity index (χ3n) is 10.5. The zero-order chi connectivity index (χ0) is 20.5. The van der Waals surface area contributed by atoms with E-state index in [4.69, 9.17) is 0 Å². The van der Waals surface area contributed by atoms with E-state index in [-0.39, 0.29) is 27.1 Å². The van der Waals surface area contributed by atoms with Gasteiger partial charge >= 0.3 is 0 Å². The van der Waals surface area contributed by atoms with Crippen LogP contribution in [0.5, 0.6) is 0 Å². The number of hydrogen-bond acceptors (Lipinski definition) is 0. The highest BCUT2D eigenvalue weighted by atomic mass is 15.1. The van der Waals surface area contributed by atoms with Gasteiger partial charge in [-0.05, 0) is 48.7 Å². The van der Waals surface area contributed by atoms with Crippen molar-refractivity contribution in [3.8, 4) is 0 Å². The maximum Gasteiger partial charge on any atom is -0.00556 e. The first-order valence-corrected chi connectivity index (χ1v) is 10.5. The first-order valence-electron chi connectivity index (χ1n) is 10.5. The van der Waals surface area contributed by atoms with Gasteiger partial charge in [0.1, 0.15) is 0 Å². The predicted octanol–water partition coefficient (Wildman–Crippen LogP) is 8.21. The lowest BCUT2D eigenvalue weighted by molar-refractivity contribution is -0.586. The first kappa shape index (κ1) is 21.3. The Labute approximate surface area is 159 Å². The molecular weight excluding hydrogens is 300 g/mol. The van der Waals surface area contributed by atoms with Crippen molar-refractivity contribution in [3.05, 3.63) is 0 Å². The molecule has 3 saturated carbocycles. The van der Waals surface area contributed by atoms with Gasteiger partial charge in [0.05, 0.1) is 0 Å². The van der Waals surface area contributed by atoms with Crippen LogP contribution in [0.2, 0.25) is 0 Å². The normalized spacial score (nSPS) is 36.5. The van der Waals surface area contributed by atoms with Gasteiger partial charge in [0.25, 0.3) is 0 Å². The largest absolute Gasteiger partial charge is 0.0596 e.